The standard InChI is InChI=1S/C8H16N2O5.H2O/c1-2-3-4-15-8(14,7(12)13)10-6(11)5-9;/h14H,2-5,9H2,1H3,(H,10,11)(H,12,13);1H2. The van der Waals surface area contributed by atoms with Gasteiger partial charge in [-0.25, -0.2) is 4.79 Å². The number of carbonyl (C=O) groups excluding carboxylic acids is 1. The van der Waals surface area contributed by atoms with Crippen LogP contribution in [0.15, 0.2) is 0 Å². The van der Waals surface area contributed by atoms with E-state index in [1.807, 2.05) is 6.92 Å². The predicted molar refractivity (Wildman–Crippen MR) is 54.3 cm³/mol. The van der Waals surface area contributed by atoms with Crippen molar-refractivity contribution in [3.05, 3.63) is 0 Å². The smallest absolute Gasteiger partial charge is 0.387 e. The van der Waals surface area contributed by atoms with Crippen molar-refractivity contribution in [3.63, 3.8) is 0 Å². The van der Waals surface area contributed by atoms with Gasteiger partial charge in [-0.2, -0.15) is 0 Å². The normalized spacial score (nSPS) is 13.4. The zero-order chi connectivity index (χ0) is 11.9. The van der Waals surface area contributed by atoms with E-state index in [1.54, 1.807) is 5.32 Å². The molecule has 0 aliphatic carbocycles. The first-order valence-electron chi connectivity index (χ1n) is 4.57. The number of hydrogen-bond acceptors (Lipinski definition) is 5. The Hall–Kier alpha value is -1.22. The Bertz CT molecular complexity index is 235. The van der Waals surface area contributed by atoms with Crippen LogP contribution in [0.5, 0.6) is 0 Å². The molecular formula is C8H18N2O6. The number of nitrogens with one attached hydrogen (secondary N) is 1. The van der Waals surface area contributed by atoms with E-state index in [4.69, 9.17) is 10.8 Å². The number of carboxylic acids is 1. The number of carboxylic acid groups (broad SMARTS) is 1. The molecular weight excluding hydrogens is 220 g/mol. The lowest BCUT2D eigenvalue weighted by molar-refractivity contribution is -0.235. The first-order valence-corrected chi connectivity index (χ1v) is 4.57. The van der Waals surface area contributed by atoms with Gasteiger partial charge in [-0.15, -0.1) is 0 Å². The average molecular weight is 238 g/mol. The second-order valence-corrected chi connectivity index (χ2v) is 2.90. The topological polar surface area (TPSA) is 153 Å². The molecule has 1 unspecified atom stereocenters. The van der Waals surface area contributed by atoms with Crippen molar-refractivity contribution in [2.45, 2.75) is 25.7 Å². The molecule has 0 aromatic rings. The highest BCUT2D eigenvalue weighted by Crippen LogP contribution is 2.04. The van der Waals surface area contributed by atoms with E-state index in [1.165, 1.54) is 0 Å². The minimum Gasteiger partial charge on any atom is -0.476 e. The van der Waals surface area contributed by atoms with Crippen LogP contribution in [0.3, 0.4) is 0 Å². The van der Waals surface area contributed by atoms with Gasteiger partial charge in [0.05, 0.1) is 13.2 Å². The van der Waals surface area contributed by atoms with Crippen LogP contribution >= 0.6 is 0 Å². The fraction of sp³-hybridized carbons (Fsp3) is 0.750. The fourth-order valence-corrected chi connectivity index (χ4v) is 0.756. The maximum absolute atomic E-state index is 10.8. The van der Waals surface area contributed by atoms with Crippen LogP contribution in [-0.4, -0.2) is 46.6 Å². The maximum Gasteiger partial charge on any atom is 0.387 e. The second-order valence-electron chi connectivity index (χ2n) is 2.90. The Labute approximate surface area is 92.7 Å². The van der Waals surface area contributed by atoms with E-state index >= 15 is 0 Å². The molecule has 1 atom stereocenters. The van der Waals surface area contributed by atoms with Gasteiger partial charge in [0.2, 0.25) is 5.91 Å². The van der Waals surface area contributed by atoms with Crippen LogP contribution < -0.4 is 11.1 Å². The number of ether oxygens (including phenoxy) is 1. The molecule has 0 aromatic carbocycles. The molecule has 0 spiro atoms. The van der Waals surface area contributed by atoms with Crippen molar-refractivity contribution in [1.29, 1.82) is 0 Å². The largest absolute Gasteiger partial charge is 0.476 e. The lowest BCUT2D eigenvalue weighted by Gasteiger charge is -2.23. The third-order valence-electron chi connectivity index (χ3n) is 1.59. The number of aliphatic hydroxyl groups is 1. The quantitative estimate of drug-likeness (QED) is 0.291. The molecule has 16 heavy (non-hydrogen) atoms. The number of hydrogen-bond donors (Lipinski definition) is 4. The van der Waals surface area contributed by atoms with Gasteiger partial charge in [0, 0.05) is 0 Å². The number of rotatable bonds is 7. The van der Waals surface area contributed by atoms with Crippen LogP contribution in [0.2, 0.25) is 0 Å². The molecule has 0 bridgehead atoms. The number of nitrogens with two attached hydrogens (primary N) is 1. The zero-order valence-corrected chi connectivity index (χ0v) is 9.02. The minimum absolute atomic E-state index is 0. The fourth-order valence-electron chi connectivity index (χ4n) is 0.756. The summed E-state index contributed by atoms with van der Waals surface area (Å²) < 4.78 is 4.67. The van der Waals surface area contributed by atoms with Crippen LogP contribution in [0.4, 0.5) is 0 Å². The van der Waals surface area contributed by atoms with Gasteiger partial charge in [0.1, 0.15) is 0 Å². The third kappa shape index (κ3) is 5.61. The van der Waals surface area contributed by atoms with Gasteiger partial charge < -0.3 is 26.2 Å². The monoisotopic (exact) mass is 238 g/mol. The highest BCUT2D eigenvalue weighted by molar-refractivity contribution is 5.85. The molecule has 0 radical (unpaired) electrons. The zero-order valence-electron chi connectivity index (χ0n) is 9.02. The van der Waals surface area contributed by atoms with Gasteiger partial charge in [-0.1, -0.05) is 13.3 Å². The molecule has 7 N–H and O–H groups in total. The second kappa shape index (κ2) is 7.99. The number of unbranched alkanes of at least 4 members (excludes halogenated alkanes) is 1. The predicted octanol–water partition coefficient (Wildman–Crippen LogP) is -2.22. The number of aliphatic carboxylic acids is 1. The highest BCUT2D eigenvalue weighted by Gasteiger charge is 2.39. The molecule has 0 saturated carbocycles. The van der Waals surface area contributed by atoms with E-state index in [-0.39, 0.29) is 12.1 Å². The molecule has 0 heterocycles. The van der Waals surface area contributed by atoms with Crippen LogP contribution in [-0.2, 0) is 14.3 Å². The van der Waals surface area contributed by atoms with Gasteiger partial charge in [0.25, 0.3) is 0 Å². The molecule has 0 saturated heterocycles. The van der Waals surface area contributed by atoms with Gasteiger partial charge in [-0.05, 0) is 6.42 Å². The van der Waals surface area contributed by atoms with Crippen molar-refractivity contribution in [3.8, 4) is 0 Å². The summed E-state index contributed by atoms with van der Waals surface area (Å²) in [6.45, 7) is 1.48. The first-order chi connectivity index (χ1) is 6.96. The molecule has 8 heteroatoms. The van der Waals surface area contributed by atoms with E-state index in [0.29, 0.717) is 6.42 Å². The van der Waals surface area contributed by atoms with Gasteiger partial charge in [-0.3, -0.25) is 10.1 Å². The summed E-state index contributed by atoms with van der Waals surface area (Å²) in [5.41, 5.74) is 4.96. The van der Waals surface area contributed by atoms with Crippen molar-refractivity contribution in [1.82, 2.24) is 5.32 Å². The Morgan fingerprint density at radius 3 is 2.44 bits per heavy atom. The summed E-state index contributed by atoms with van der Waals surface area (Å²) >= 11 is 0. The van der Waals surface area contributed by atoms with Crippen molar-refractivity contribution in [2.24, 2.45) is 5.73 Å². The van der Waals surface area contributed by atoms with Crippen LogP contribution in [0, 0.1) is 0 Å². The average Bonchev–Trinajstić information content (AvgIpc) is 2.17. The van der Waals surface area contributed by atoms with Crippen LogP contribution in [0.1, 0.15) is 19.8 Å². The summed E-state index contributed by atoms with van der Waals surface area (Å²) in [4.78, 5) is 21.5. The Morgan fingerprint density at radius 1 is 1.50 bits per heavy atom. The summed E-state index contributed by atoms with van der Waals surface area (Å²) in [5.74, 6) is -5.18. The van der Waals surface area contributed by atoms with Gasteiger partial charge >= 0.3 is 11.9 Å². The Morgan fingerprint density at radius 2 is 2.06 bits per heavy atom. The SMILES string of the molecule is CCCCOC(O)(NC(=O)CN)C(=O)O.O. The Balaban J connectivity index is 0. The molecule has 96 valence electrons. The van der Waals surface area contributed by atoms with Gasteiger partial charge in [0.15, 0.2) is 0 Å². The van der Waals surface area contributed by atoms with Crippen molar-refractivity contribution >= 4 is 11.9 Å². The molecule has 0 fully saturated rings. The molecule has 0 rings (SSSR count). The summed E-state index contributed by atoms with van der Waals surface area (Å²) in [6, 6.07) is 0. The molecule has 0 aliphatic rings. The van der Waals surface area contributed by atoms with E-state index in [2.05, 4.69) is 4.74 Å². The van der Waals surface area contributed by atoms with E-state index in [0.717, 1.165) is 6.42 Å². The lowest BCUT2D eigenvalue weighted by atomic mass is 10.3. The van der Waals surface area contributed by atoms with Crippen molar-refractivity contribution in [2.75, 3.05) is 13.2 Å². The molecule has 0 aliphatic heterocycles. The van der Waals surface area contributed by atoms with Crippen molar-refractivity contribution < 1.29 is 30.0 Å². The summed E-state index contributed by atoms with van der Waals surface area (Å²) in [7, 11) is 0. The first kappa shape index (κ1) is 17.2. The Kier molecular flexibility index (Phi) is 8.58. The molecule has 0 aromatic heterocycles. The van der Waals surface area contributed by atoms with Crippen LogP contribution in [0.25, 0.3) is 0 Å². The number of carbonyl (C=O) groups is 2. The highest BCUT2D eigenvalue weighted by atomic mass is 16.7. The summed E-state index contributed by atoms with van der Waals surface area (Å²) in [5, 5.41) is 19.8. The number of amides is 1. The molecule has 8 nitrogen and oxygen atoms in total. The lowest BCUT2D eigenvalue weighted by Crippen LogP contribution is -2.58. The van der Waals surface area contributed by atoms with E-state index in [9.17, 15) is 14.7 Å². The molecule has 1 amide bonds. The maximum atomic E-state index is 10.8. The van der Waals surface area contributed by atoms with E-state index < -0.39 is 24.3 Å². The summed E-state index contributed by atoms with van der Waals surface area (Å²) in [6.07, 6.45) is 1.36. The minimum atomic E-state index is -2.69. The third-order valence-corrected chi connectivity index (χ3v) is 1.59.